The van der Waals surface area contributed by atoms with Gasteiger partial charge in [0.15, 0.2) is 11.6 Å². The minimum Gasteiger partial charge on any atom is -0.416 e. The molecule has 8 nitrogen and oxygen atoms in total. The molecule has 0 saturated carbocycles. The van der Waals surface area contributed by atoms with Crippen molar-refractivity contribution in [3.05, 3.63) is 69.7 Å². The fraction of sp³-hybridized carbons (Fsp3) is 0.333. The molecule has 0 amide bonds. The number of benzene rings is 2. The monoisotopic (exact) mass is 596 g/mol. The number of hydrogen-bond donors (Lipinski definition) is 2. The SMILES string of the molecule is O=[P@]1(NCCCN[P@]2(=O)OC(CCl)=N[C@@H]2c2ccccc2Cl)OC(CCl)=N[C@@H]1c1ccccc1Cl. The smallest absolute Gasteiger partial charge is 0.346 e. The van der Waals surface area contributed by atoms with Crippen molar-refractivity contribution in [3.63, 3.8) is 0 Å². The number of halogens is 4. The Labute approximate surface area is 223 Å². The summed E-state index contributed by atoms with van der Waals surface area (Å²) < 4.78 is 38.4. The van der Waals surface area contributed by atoms with Crippen molar-refractivity contribution < 1.29 is 18.2 Å². The van der Waals surface area contributed by atoms with Gasteiger partial charge in [-0.2, -0.15) is 0 Å². The Morgan fingerprint density at radius 2 is 1.14 bits per heavy atom. The van der Waals surface area contributed by atoms with Crippen molar-refractivity contribution in [1.29, 1.82) is 0 Å². The zero-order chi connectivity index (χ0) is 25.1. The second kappa shape index (κ2) is 11.5. The lowest BCUT2D eigenvalue weighted by atomic mass is 10.2. The Balaban J connectivity index is 1.39. The normalized spacial score (nSPS) is 27.8. The molecular formula is C21H22Cl4N4O4P2. The van der Waals surface area contributed by atoms with Crippen LogP contribution in [0.25, 0.3) is 0 Å². The summed E-state index contributed by atoms with van der Waals surface area (Å²) in [4.78, 5) is 8.73. The number of rotatable bonds is 10. The summed E-state index contributed by atoms with van der Waals surface area (Å²) in [6, 6.07) is 14.0. The van der Waals surface area contributed by atoms with Gasteiger partial charge in [-0.25, -0.2) is 20.2 Å². The quantitative estimate of drug-likeness (QED) is 0.174. The zero-order valence-corrected chi connectivity index (χ0v) is 23.1. The van der Waals surface area contributed by atoms with Crippen LogP contribution in [-0.2, 0) is 18.2 Å². The van der Waals surface area contributed by atoms with Crippen molar-refractivity contribution in [2.45, 2.75) is 18.0 Å². The summed E-state index contributed by atoms with van der Waals surface area (Å²) >= 11 is 24.4. The van der Waals surface area contributed by atoms with Gasteiger partial charge in [-0.15, -0.1) is 23.2 Å². The van der Waals surface area contributed by atoms with Crippen LogP contribution >= 0.6 is 61.4 Å². The van der Waals surface area contributed by atoms with E-state index in [1.54, 1.807) is 48.5 Å². The molecule has 0 unspecified atom stereocenters. The molecule has 0 radical (unpaired) electrons. The highest BCUT2D eigenvalue weighted by molar-refractivity contribution is 7.58. The van der Waals surface area contributed by atoms with Crippen molar-refractivity contribution in [1.82, 2.24) is 10.2 Å². The van der Waals surface area contributed by atoms with Crippen molar-refractivity contribution in [3.8, 4) is 0 Å². The van der Waals surface area contributed by atoms with Gasteiger partial charge in [-0.1, -0.05) is 59.6 Å². The minimum absolute atomic E-state index is 0.0129. The first-order valence-electron chi connectivity index (χ1n) is 10.6. The van der Waals surface area contributed by atoms with E-state index < -0.39 is 26.6 Å². The molecule has 35 heavy (non-hydrogen) atoms. The van der Waals surface area contributed by atoms with Gasteiger partial charge in [0.1, 0.15) is 0 Å². The molecule has 2 aromatic carbocycles. The average Bonchev–Trinajstić information content (AvgIpc) is 3.36. The number of alkyl halides is 2. The Bertz CT molecular complexity index is 1150. The number of nitrogens with zero attached hydrogens (tertiary/aromatic N) is 2. The predicted octanol–water partition coefficient (Wildman–Crippen LogP) is 6.98. The van der Waals surface area contributed by atoms with Crippen LogP contribution in [0.3, 0.4) is 0 Å². The second-order valence-electron chi connectivity index (χ2n) is 7.65. The third-order valence-electron chi connectivity index (χ3n) is 5.27. The fourth-order valence-electron chi connectivity index (χ4n) is 3.67. The van der Waals surface area contributed by atoms with Gasteiger partial charge in [0.05, 0.1) is 11.8 Å². The highest BCUT2D eigenvalue weighted by atomic mass is 35.5. The zero-order valence-electron chi connectivity index (χ0n) is 18.2. The number of nitrogens with one attached hydrogen (secondary N) is 2. The molecule has 0 saturated heterocycles. The van der Waals surface area contributed by atoms with E-state index in [-0.39, 0.29) is 36.6 Å². The van der Waals surface area contributed by atoms with Crippen LogP contribution in [0.4, 0.5) is 0 Å². The van der Waals surface area contributed by atoms with Gasteiger partial charge in [0.2, 0.25) is 11.8 Å². The van der Waals surface area contributed by atoms with Gasteiger partial charge >= 0.3 is 15.0 Å². The Hall–Kier alpha value is -1.08. The first-order valence-corrected chi connectivity index (χ1v) is 15.8. The van der Waals surface area contributed by atoms with Crippen LogP contribution in [0.2, 0.25) is 10.0 Å². The molecular weight excluding hydrogens is 576 g/mol. The Morgan fingerprint density at radius 1 is 0.743 bits per heavy atom. The molecule has 14 heteroatoms. The summed E-state index contributed by atoms with van der Waals surface area (Å²) in [6.07, 6.45) is 0.442. The summed E-state index contributed by atoms with van der Waals surface area (Å²) in [5, 5.41) is 6.80. The lowest BCUT2D eigenvalue weighted by Crippen LogP contribution is -2.22. The summed E-state index contributed by atoms with van der Waals surface area (Å²) in [7, 11) is -6.95. The minimum atomic E-state index is -3.47. The molecule has 188 valence electrons. The van der Waals surface area contributed by atoms with Crippen LogP contribution < -0.4 is 10.2 Å². The van der Waals surface area contributed by atoms with E-state index >= 15 is 0 Å². The van der Waals surface area contributed by atoms with Crippen molar-refractivity contribution in [2.24, 2.45) is 9.98 Å². The Kier molecular flexibility index (Phi) is 8.89. The summed E-state index contributed by atoms with van der Waals surface area (Å²) in [5.74, 6) is -1.27. The van der Waals surface area contributed by atoms with Crippen LogP contribution in [0, 0.1) is 0 Å². The van der Waals surface area contributed by atoms with E-state index in [9.17, 15) is 9.13 Å². The largest absolute Gasteiger partial charge is 0.416 e. The van der Waals surface area contributed by atoms with E-state index in [0.717, 1.165) is 0 Å². The molecule has 0 fully saturated rings. The van der Waals surface area contributed by atoms with Gasteiger partial charge < -0.3 is 9.05 Å². The third kappa shape index (κ3) is 5.92. The van der Waals surface area contributed by atoms with E-state index in [1.807, 2.05) is 0 Å². The summed E-state index contributed by atoms with van der Waals surface area (Å²) in [5.41, 5.74) is 1.17. The standard InChI is InChI=1S/C21H22Cl4N4O4P2/c22-12-18-28-20(14-6-1-3-8-16(14)24)34(30,32-18)26-10-5-11-27-35(31)21(29-19(13-23)33-35)15-7-2-4-9-17(15)25/h1-4,6-9,20-21H,5,10-13H2,(H,26,30)(H,27,31)/t20-,21-,34-,35+/m0/s1. The van der Waals surface area contributed by atoms with E-state index in [2.05, 4.69) is 20.2 Å². The van der Waals surface area contributed by atoms with Crippen molar-refractivity contribution >= 4 is 73.2 Å². The molecule has 2 aliphatic heterocycles. The first-order chi connectivity index (χ1) is 16.8. The lowest BCUT2D eigenvalue weighted by Gasteiger charge is -2.21. The number of aliphatic imine (C=N–C) groups is 2. The molecule has 0 bridgehead atoms. The van der Waals surface area contributed by atoms with E-state index in [1.165, 1.54) is 0 Å². The van der Waals surface area contributed by atoms with Gasteiger partial charge in [0, 0.05) is 34.3 Å². The molecule has 0 aliphatic carbocycles. The molecule has 2 heterocycles. The van der Waals surface area contributed by atoms with Crippen LogP contribution in [0.1, 0.15) is 29.1 Å². The van der Waals surface area contributed by atoms with Gasteiger partial charge in [-0.3, -0.25) is 9.13 Å². The first kappa shape index (κ1) is 27.0. The highest BCUT2D eigenvalue weighted by Gasteiger charge is 2.45. The highest BCUT2D eigenvalue weighted by Crippen LogP contribution is 2.63. The van der Waals surface area contributed by atoms with Gasteiger partial charge in [-0.05, 0) is 18.6 Å². The second-order valence-corrected chi connectivity index (χ2v) is 13.4. The summed E-state index contributed by atoms with van der Waals surface area (Å²) in [6.45, 7) is 0.548. The number of hydrogen-bond acceptors (Lipinski definition) is 6. The van der Waals surface area contributed by atoms with Crippen LogP contribution in [0.5, 0.6) is 0 Å². The van der Waals surface area contributed by atoms with Crippen LogP contribution in [0.15, 0.2) is 58.5 Å². The molecule has 2 N–H and O–H groups in total. The third-order valence-corrected chi connectivity index (χ3v) is 10.8. The molecule has 2 aromatic rings. The molecule has 4 atom stereocenters. The molecule has 0 aromatic heterocycles. The lowest BCUT2D eigenvalue weighted by molar-refractivity contribution is 0.462. The molecule has 4 rings (SSSR count). The maximum atomic E-state index is 13.6. The topological polar surface area (TPSA) is 101 Å². The van der Waals surface area contributed by atoms with E-state index in [0.29, 0.717) is 27.6 Å². The Morgan fingerprint density at radius 3 is 1.51 bits per heavy atom. The maximum absolute atomic E-state index is 13.6. The molecule has 0 spiro atoms. The van der Waals surface area contributed by atoms with Crippen LogP contribution in [-0.4, -0.2) is 36.6 Å². The van der Waals surface area contributed by atoms with E-state index in [4.69, 9.17) is 55.5 Å². The van der Waals surface area contributed by atoms with Gasteiger partial charge in [0.25, 0.3) is 0 Å². The predicted molar refractivity (Wildman–Crippen MR) is 143 cm³/mol. The maximum Gasteiger partial charge on any atom is 0.346 e. The average molecular weight is 598 g/mol. The molecule has 2 aliphatic rings. The van der Waals surface area contributed by atoms with Crippen molar-refractivity contribution in [2.75, 3.05) is 24.8 Å². The fourth-order valence-corrected chi connectivity index (χ4v) is 8.91.